The predicted octanol–water partition coefficient (Wildman–Crippen LogP) is 0.511. The maximum absolute atomic E-state index is 9.83. The summed E-state index contributed by atoms with van der Waals surface area (Å²) < 4.78 is 15.8. The number of methoxy groups -OCH3 is 1. The van der Waals surface area contributed by atoms with Gasteiger partial charge in [0.15, 0.2) is 0 Å². The summed E-state index contributed by atoms with van der Waals surface area (Å²) in [6.07, 6.45) is 2.11. The van der Waals surface area contributed by atoms with E-state index in [2.05, 4.69) is 4.90 Å². The third-order valence-corrected chi connectivity index (χ3v) is 3.15. The Morgan fingerprint density at radius 3 is 2.61 bits per heavy atom. The van der Waals surface area contributed by atoms with E-state index in [0.29, 0.717) is 32.5 Å². The Kier molecular flexibility index (Phi) is 8.54. The number of nitrogens with zero attached hydrogens (tertiary/aromatic N) is 1. The Morgan fingerprint density at radius 2 is 2.00 bits per heavy atom. The third kappa shape index (κ3) is 6.66. The minimum absolute atomic E-state index is 0.384. The highest BCUT2D eigenvalue weighted by Crippen LogP contribution is 2.13. The number of ether oxygens (including phenoxy) is 3. The standard InChI is InChI=1S/C13H27NO4/c1-3-18-13-4-6-14(7-5-13)10-12(15)11-17-9-8-16-2/h12-13,15H,3-11H2,1-2H3. The van der Waals surface area contributed by atoms with Gasteiger partial charge in [0.1, 0.15) is 0 Å². The van der Waals surface area contributed by atoms with Crippen LogP contribution in [0.2, 0.25) is 0 Å². The lowest BCUT2D eigenvalue weighted by molar-refractivity contribution is -0.0209. The molecule has 1 aliphatic rings. The zero-order valence-corrected chi connectivity index (χ0v) is 11.6. The first-order chi connectivity index (χ1) is 8.76. The number of hydrogen-bond donors (Lipinski definition) is 1. The van der Waals surface area contributed by atoms with Crippen LogP contribution in [0.3, 0.4) is 0 Å². The van der Waals surface area contributed by atoms with Crippen LogP contribution in [0.15, 0.2) is 0 Å². The van der Waals surface area contributed by atoms with Crippen LogP contribution in [-0.2, 0) is 14.2 Å². The van der Waals surface area contributed by atoms with E-state index < -0.39 is 6.10 Å². The highest BCUT2D eigenvalue weighted by molar-refractivity contribution is 4.74. The molecule has 1 fully saturated rings. The minimum atomic E-state index is -0.412. The van der Waals surface area contributed by atoms with E-state index in [9.17, 15) is 5.11 Å². The number of aliphatic hydroxyl groups excluding tert-OH is 1. The number of hydrogen-bond acceptors (Lipinski definition) is 5. The zero-order valence-electron chi connectivity index (χ0n) is 11.6. The van der Waals surface area contributed by atoms with Gasteiger partial charge in [0.2, 0.25) is 0 Å². The van der Waals surface area contributed by atoms with Crippen molar-refractivity contribution in [3.05, 3.63) is 0 Å². The second-order valence-electron chi connectivity index (χ2n) is 4.68. The molecule has 1 heterocycles. The van der Waals surface area contributed by atoms with E-state index in [4.69, 9.17) is 14.2 Å². The van der Waals surface area contributed by atoms with Crippen LogP contribution in [0, 0.1) is 0 Å². The summed E-state index contributed by atoms with van der Waals surface area (Å²) in [4.78, 5) is 2.28. The normalized spacial score (nSPS) is 20.2. The molecule has 18 heavy (non-hydrogen) atoms. The monoisotopic (exact) mass is 261 g/mol. The van der Waals surface area contributed by atoms with Crippen LogP contribution in [0.1, 0.15) is 19.8 Å². The summed E-state index contributed by atoms with van der Waals surface area (Å²) in [7, 11) is 1.64. The van der Waals surface area contributed by atoms with Crippen LogP contribution < -0.4 is 0 Å². The Labute approximate surface area is 110 Å². The largest absolute Gasteiger partial charge is 0.389 e. The summed E-state index contributed by atoms with van der Waals surface area (Å²) in [6.45, 7) is 7.01. The maximum atomic E-state index is 9.83. The second kappa shape index (κ2) is 9.69. The Bertz CT molecular complexity index is 195. The van der Waals surface area contributed by atoms with Crippen molar-refractivity contribution in [1.82, 2.24) is 4.90 Å². The molecule has 1 N–H and O–H groups in total. The molecule has 0 saturated carbocycles. The summed E-state index contributed by atoms with van der Waals surface area (Å²) >= 11 is 0. The first kappa shape index (κ1) is 15.9. The molecule has 1 aliphatic heterocycles. The smallest absolute Gasteiger partial charge is 0.0900 e. The van der Waals surface area contributed by atoms with Crippen LogP contribution >= 0.6 is 0 Å². The van der Waals surface area contributed by atoms with E-state index in [0.717, 1.165) is 32.5 Å². The van der Waals surface area contributed by atoms with Crippen LogP contribution in [0.4, 0.5) is 0 Å². The second-order valence-corrected chi connectivity index (χ2v) is 4.68. The molecule has 0 spiro atoms. The number of piperidine rings is 1. The molecule has 0 aromatic heterocycles. The van der Waals surface area contributed by atoms with Crippen molar-refractivity contribution in [2.75, 3.05) is 53.2 Å². The number of aliphatic hydroxyl groups is 1. The molecule has 0 bridgehead atoms. The molecule has 5 nitrogen and oxygen atoms in total. The highest BCUT2D eigenvalue weighted by Gasteiger charge is 2.20. The van der Waals surface area contributed by atoms with Gasteiger partial charge in [-0.1, -0.05) is 0 Å². The molecule has 0 aliphatic carbocycles. The van der Waals surface area contributed by atoms with Gasteiger partial charge >= 0.3 is 0 Å². The summed E-state index contributed by atoms with van der Waals surface area (Å²) in [5.74, 6) is 0. The molecule has 0 amide bonds. The van der Waals surface area contributed by atoms with E-state index in [1.54, 1.807) is 7.11 Å². The molecule has 5 heteroatoms. The Hall–Kier alpha value is -0.200. The molecule has 108 valence electrons. The van der Waals surface area contributed by atoms with Gasteiger partial charge in [0.25, 0.3) is 0 Å². The fourth-order valence-corrected chi connectivity index (χ4v) is 2.21. The van der Waals surface area contributed by atoms with E-state index in [-0.39, 0.29) is 0 Å². The van der Waals surface area contributed by atoms with Gasteiger partial charge in [0.05, 0.1) is 32.0 Å². The minimum Gasteiger partial charge on any atom is -0.389 e. The number of rotatable bonds is 9. The lowest BCUT2D eigenvalue weighted by Gasteiger charge is -2.32. The fourth-order valence-electron chi connectivity index (χ4n) is 2.21. The molecular formula is C13H27NO4. The van der Waals surface area contributed by atoms with E-state index in [1.807, 2.05) is 6.92 Å². The topological polar surface area (TPSA) is 51.2 Å². The van der Waals surface area contributed by atoms with Crippen LogP contribution in [0.5, 0.6) is 0 Å². The first-order valence-electron chi connectivity index (χ1n) is 6.85. The lowest BCUT2D eigenvalue weighted by Crippen LogP contribution is -2.42. The maximum Gasteiger partial charge on any atom is 0.0900 e. The Balaban J connectivity index is 2.05. The molecule has 0 radical (unpaired) electrons. The molecular weight excluding hydrogens is 234 g/mol. The lowest BCUT2D eigenvalue weighted by atomic mass is 10.1. The molecule has 1 saturated heterocycles. The SMILES string of the molecule is CCOC1CCN(CC(O)COCCOC)CC1. The fraction of sp³-hybridized carbons (Fsp3) is 1.00. The molecule has 1 rings (SSSR count). The third-order valence-electron chi connectivity index (χ3n) is 3.15. The van der Waals surface area contributed by atoms with E-state index >= 15 is 0 Å². The average Bonchev–Trinajstić information content (AvgIpc) is 2.37. The molecule has 0 aromatic rings. The van der Waals surface area contributed by atoms with Crippen molar-refractivity contribution >= 4 is 0 Å². The van der Waals surface area contributed by atoms with Crippen molar-refractivity contribution in [3.8, 4) is 0 Å². The van der Waals surface area contributed by atoms with Gasteiger partial charge in [-0.2, -0.15) is 0 Å². The highest BCUT2D eigenvalue weighted by atomic mass is 16.5. The summed E-state index contributed by atoms with van der Waals surface area (Å²) in [5, 5.41) is 9.83. The van der Waals surface area contributed by atoms with Crippen molar-refractivity contribution in [3.63, 3.8) is 0 Å². The zero-order chi connectivity index (χ0) is 13.2. The molecule has 1 atom stereocenters. The Morgan fingerprint density at radius 1 is 1.28 bits per heavy atom. The van der Waals surface area contributed by atoms with Crippen LogP contribution in [0.25, 0.3) is 0 Å². The summed E-state index contributed by atoms with van der Waals surface area (Å²) in [5.41, 5.74) is 0. The quantitative estimate of drug-likeness (QED) is 0.613. The van der Waals surface area contributed by atoms with E-state index in [1.165, 1.54) is 0 Å². The van der Waals surface area contributed by atoms with Crippen molar-refractivity contribution in [2.24, 2.45) is 0 Å². The van der Waals surface area contributed by atoms with Gasteiger partial charge in [-0.25, -0.2) is 0 Å². The average molecular weight is 261 g/mol. The molecule has 0 aromatic carbocycles. The molecule has 1 unspecified atom stereocenters. The number of likely N-dealkylation sites (tertiary alicyclic amines) is 1. The van der Waals surface area contributed by atoms with Crippen molar-refractivity contribution in [2.45, 2.75) is 32.0 Å². The van der Waals surface area contributed by atoms with Gasteiger partial charge in [-0.3, -0.25) is 0 Å². The number of β-amino-alcohol motifs (C(OH)–C–C–N with tert-alkyl or cyclic N) is 1. The van der Waals surface area contributed by atoms with Gasteiger partial charge < -0.3 is 24.2 Å². The van der Waals surface area contributed by atoms with Crippen LogP contribution in [-0.4, -0.2) is 75.4 Å². The van der Waals surface area contributed by atoms with Crippen molar-refractivity contribution < 1.29 is 19.3 Å². The first-order valence-corrected chi connectivity index (χ1v) is 6.85. The predicted molar refractivity (Wildman–Crippen MR) is 69.8 cm³/mol. The van der Waals surface area contributed by atoms with Crippen molar-refractivity contribution in [1.29, 1.82) is 0 Å². The van der Waals surface area contributed by atoms with Gasteiger partial charge in [-0.05, 0) is 19.8 Å². The summed E-state index contributed by atoms with van der Waals surface area (Å²) in [6, 6.07) is 0. The van der Waals surface area contributed by atoms with Gasteiger partial charge in [-0.15, -0.1) is 0 Å². The van der Waals surface area contributed by atoms with Gasteiger partial charge in [0, 0.05) is 33.4 Å².